The van der Waals surface area contributed by atoms with Crippen molar-refractivity contribution in [2.24, 2.45) is 0 Å². The molecule has 0 spiro atoms. The van der Waals surface area contributed by atoms with Gasteiger partial charge in [0.2, 0.25) is 5.76 Å². The average molecular weight is 221 g/mol. The molecule has 0 amide bonds. The van der Waals surface area contributed by atoms with Crippen molar-refractivity contribution in [3.8, 4) is 5.75 Å². The van der Waals surface area contributed by atoms with Gasteiger partial charge in [-0.1, -0.05) is 0 Å². The van der Waals surface area contributed by atoms with Crippen LogP contribution in [-0.2, 0) is 4.74 Å². The molecule has 0 bridgehead atoms. The molecule has 2 aromatic rings. The van der Waals surface area contributed by atoms with E-state index < -0.39 is 5.97 Å². The van der Waals surface area contributed by atoms with Crippen LogP contribution in [0.5, 0.6) is 5.75 Å². The van der Waals surface area contributed by atoms with Crippen molar-refractivity contribution in [1.29, 1.82) is 0 Å². The number of carbonyl (C=O) groups excluding carboxylic acids is 1. The minimum absolute atomic E-state index is 0.0382. The minimum atomic E-state index is -0.531. The highest BCUT2D eigenvalue weighted by atomic mass is 16.5. The molecule has 0 aliphatic carbocycles. The normalized spacial score (nSPS) is 10.6. The first-order valence-corrected chi connectivity index (χ1v) is 4.81. The first kappa shape index (κ1) is 10.4. The van der Waals surface area contributed by atoms with Gasteiger partial charge in [-0.2, -0.15) is 0 Å². The van der Waals surface area contributed by atoms with Gasteiger partial charge < -0.3 is 20.0 Å². The molecule has 0 unspecified atom stereocenters. The Bertz CT molecular complexity index is 505. The molecule has 5 heteroatoms. The third-order valence-electron chi connectivity index (χ3n) is 2.14. The van der Waals surface area contributed by atoms with Crippen LogP contribution in [0, 0.1) is 0 Å². The van der Waals surface area contributed by atoms with Crippen molar-refractivity contribution in [2.45, 2.75) is 6.92 Å². The van der Waals surface area contributed by atoms with Crippen molar-refractivity contribution in [3.05, 3.63) is 24.0 Å². The molecular weight excluding hydrogens is 210 g/mol. The predicted octanol–water partition coefficient (Wildman–Crippen LogP) is 1.90. The van der Waals surface area contributed by atoms with Gasteiger partial charge in [0.05, 0.1) is 12.3 Å². The summed E-state index contributed by atoms with van der Waals surface area (Å²) in [6.07, 6.45) is 0. The number of hydrogen-bond acceptors (Lipinski definition) is 5. The molecule has 1 aromatic heterocycles. The fraction of sp³-hybridized carbons (Fsp3) is 0.182. The summed E-state index contributed by atoms with van der Waals surface area (Å²) >= 11 is 0. The van der Waals surface area contributed by atoms with Crippen LogP contribution in [0.3, 0.4) is 0 Å². The van der Waals surface area contributed by atoms with Crippen LogP contribution in [0.4, 0.5) is 5.69 Å². The Morgan fingerprint density at radius 3 is 2.94 bits per heavy atom. The molecule has 0 saturated carbocycles. The standard InChI is InChI=1S/C11H11NO4/c1-2-15-11(14)10-4-6-3-8(13)7(12)5-9(6)16-10/h3-5,13H,2,12H2,1H3. The van der Waals surface area contributed by atoms with E-state index in [1.165, 1.54) is 18.2 Å². The Hall–Kier alpha value is -2.17. The monoisotopic (exact) mass is 221 g/mol. The number of carbonyl (C=O) groups is 1. The van der Waals surface area contributed by atoms with Gasteiger partial charge in [-0.05, 0) is 19.1 Å². The molecule has 3 N–H and O–H groups in total. The first-order chi connectivity index (χ1) is 7.61. The molecule has 0 fully saturated rings. The lowest BCUT2D eigenvalue weighted by molar-refractivity contribution is 0.0492. The van der Waals surface area contributed by atoms with Gasteiger partial charge >= 0.3 is 5.97 Å². The second kappa shape index (κ2) is 3.77. The van der Waals surface area contributed by atoms with Gasteiger partial charge in [0, 0.05) is 11.5 Å². The van der Waals surface area contributed by atoms with E-state index in [1.807, 2.05) is 0 Å². The van der Waals surface area contributed by atoms with E-state index in [-0.39, 0.29) is 23.8 Å². The summed E-state index contributed by atoms with van der Waals surface area (Å²) in [4.78, 5) is 11.4. The predicted molar refractivity (Wildman–Crippen MR) is 58.2 cm³/mol. The molecule has 0 aliphatic rings. The maximum Gasteiger partial charge on any atom is 0.374 e. The van der Waals surface area contributed by atoms with Crippen molar-refractivity contribution < 1.29 is 19.1 Å². The van der Waals surface area contributed by atoms with Crippen LogP contribution in [0.25, 0.3) is 11.0 Å². The zero-order chi connectivity index (χ0) is 11.7. The van der Waals surface area contributed by atoms with Gasteiger partial charge in [0.25, 0.3) is 0 Å². The maximum absolute atomic E-state index is 11.4. The number of furan rings is 1. The Morgan fingerprint density at radius 2 is 2.25 bits per heavy atom. The van der Waals surface area contributed by atoms with Gasteiger partial charge in [-0.25, -0.2) is 4.79 Å². The zero-order valence-corrected chi connectivity index (χ0v) is 8.69. The second-order valence-corrected chi connectivity index (χ2v) is 3.28. The Balaban J connectivity index is 2.48. The molecule has 2 rings (SSSR count). The van der Waals surface area contributed by atoms with E-state index in [9.17, 15) is 9.90 Å². The summed E-state index contributed by atoms with van der Waals surface area (Å²) in [5.74, 6) is -0.470. The molecular formula is C11H11NO4. The number of ether oxygens (including phenoxy) is 1. The lowest BCUT2D eigenvalue weighted by Crippen LogP contribution is -2.02. The van der Waals surface area contributed by atoms with Gasteiger partial charge in [-0.15, -0.1) is 0 Å². The Labute approximate surface area is 91.4 Å². The lowest BCUT2D eigenvalue weighted by atomic mass is 10.2. The summed E-state index contributed by atoms with van der Waals surface area (Å²) < 4.78 is 10.0. The average Bonchev–Trinajstić information content (AvgIpc) is 2.62. The number of esters is 1. The number of phenolic OH excluding ortho intramolecular Hbond substituents is 1. The minimum Gasteiger partial charge on any atom is -0.506 e. The number of hydrogen-bond donors (Lipinski definition) is 2. The van der Waals surface area contributed by atoms with Gasteiger partial charge in [0.1, 0.15) is 11.3 Å². The van der Waals surface area contributed by atoms with Gasteiger partial charge in [0.15, 0.2) is 0 Å². The number of nitrogen functional groups attached to an aromatic ring is 1. The van der Waals surface area contributed by atoms with Crippen molar-refractivity contribution in [2.75, 3.05) is 12.3 Å². The van der Waals surface area contributed by atoms with Crippen LogP contribution < -0.4 is 5.73 Å². The van der Waals surface area contributed by atoms with Crippen LogP contribution in [0.15, 0.2) is 22.6 Å². The highest BCUT2D eigenvalue weighted by Crippen LogP contribution is 2.29. The SMILES string of the molecule is CCOC(=O)c1cc2cc(O)c(N)cc2o1. The summed E-state index contributed by atoms with van der Waals surface area (Å²) in [7, 11) is 0. The number of phenols is 1. The number of nitrogens with two attached hydrogens (primary N) is 1. The number of fused-ring (bicyclic) bond motifs is 1. The van der Waals surface area contributed by atoms with E-state index in [2.05, 4.69) is 0 Å². The summed E-state index contributed by atoms with van der Waals surface area (Å²) in [5.41, 5.74) is 6.15. The van der Waals surface area contributed by atoms with Crippen LogP contribution >= 0.6 is 0 Å². The van der Waals surface area contributed by atoms with Crippen molar-refractivity contribution in [3.63, 3.8) is 0 Å². The molecule has 0 aliphatic heterocycles. The Morgan fingerprint density at radius 1 is 1.50 bits per heavy atom. The van der Waals surface area contributed by atoms with Crippen LogP contribution in [0.1, 0.15) is 17.5 Å². The molecule has 0 atom stereocenters. The van der Waals surface area contributed by atoms with Crippen molar-refractivity contribution in [1.82, 2.24) is 0 Å². The number of benzene rings is 1. The van der Waals surface area contributed by atoms with E-state index >= 15 is 0 Å². The van der Waals surface area contributed by atoms with E-state index in [0.717, 1.165) is 0 Å². The first-order valence-electron chi connectivity index (χ1n) is 4.81. The fourth-order valence-corrected chi connectivity index (χ4v) is 1.39. The van der Waals surface area contributed by atoms with Crippen LogP contribution in [-0.4, -0.2) is 17.7 Å². The zero-order valence-electron chi connectivity index (χ0n) is 8.69. The third kappa shape index (κ3) is 1.67. The largest absolute Gasteiger partial charge is 0.506 e. The molecule has 84 valence electrons. The highest BCUT2D eigenvalue weighted by molar-refractivity contribution is 5.94. The molecule has 1 aromatic carbocycles. The summed E-state index contributed by atoms with van der Waals surface area (Å²) in [5, 5.41) is 9.99. The Kier molecular flexibility index (Phi) is 2.44. The maximum atomic E-state index is 11.4. The van der Waals surface area contributed by atoms with E-state index in [0.29, 0.717) is 11.0 Å². The number of aromatic hydroxyl groups is 1. The van der Waals surface area contributed by atoms with Crippen LogP contribution in [0.2, 0.25) is 0 Å². The molecule has 0 saturated heterocycles. The van der Waals surface area contributed by atoms with E-state index in [1.54, 1.807) is 6.92 Å². The van der Waals surface area contributed by atoms with E-state index in [4.69, 9.17) is 14.9 Å². The third-order valence-corrected chi connectivity index (χ3v) is 2.14. The van der Waals surface area contributed by atoms with Crippen molar-refractivity contribution >= 4 is 22.6 Å². The second-order valence-electron chi connectivity index (χ2n) is 3.28. The molecule has 16 heavy (non-hydrogen) atoms. The molecule has 1 heterocycles. The molecule has 0 radical (unpaired) electrons. The topological polar surface area (TPSA) is 85.7 Å². The smallest absolute Gasteiger partial charge is 0.374 e. The summed E-state index contributed by atoms with van der Waals surface area (Å²) in [6.45, 7) is 1.99. The fourth-order valence-electron chi connectivity index (χ4n) is 1.39. The summed E-state index contributed by atoms with van der Waals surface area (Å²) in [6, 6.07) is 4.41. The molecule has 5 nitrogen and oxygen atoms in total. The van der Waals surface area contributed by atoms with Gasteiger partial charge in [-0.3, -0.25) is 0 Å². The number of anilines is 1. The number of rotatable bonds is 2. The highest BCUT2D eigenvalue weighted by Gasteiger charge is 2.14. The quantitative estimate of drug-likeness (QED) is 0.459. The lowest BCUT2D eigenvalue weighted by Gasteiger charge is -1.96.